The smallest absolute Gasteiger partial charge is 0.252 e. The number of likely N-dealkylation sites (tertiary alicyclic amines) is 1. The maximum absolute atomic E-state index is 12.6. The molecule has 3 aromatic heterocycles. The fourth-order valence-electron chi connectivity index (χ4n) is 4.77. The molecule has 0 unspecified atom stereocenters. The molecule has 9 heteroatoms. The molecule has 8 nitrogen and oxygen atoms in total. The first kappa shape index (κ1) is 20.4. The van der Waals surface area contributed by atoms with Crippen molar-refractivity contribution in [2.45, 2.75) is 44.9 Å². The Morgan fingerprint density at radius 3 is 2.58 bits per heavy atom. The van der Waals surface area contributed by atoms with E-state index in [-0.39, 0.29) is 17.2 Å². The van der Waals surface area contributed by atoms with Crippen LogP contribution in [-0.2, 0) is 13.1 Å². The van der Waals surface area contributed by atoms with Crippen LogP contribution in [0, 0.1) is 6.92 Å². The number of hydrogen-bond acceptors (Lipinski definition) is 6. The fourth-order valence-corrected chi connectivity index (χ4v) is 4.86. The largest absolute Gasteiger partial charge is 0.308 e. The molecule has 1 atom stereocenters. The SMILES string of the molecule is Cc1cc(CNC2CCN(C[C@@H]3Cn4c(=O)ccc5ccc(=O)n3c54)CC2)nnc1Cl. The fraction of sp³-hybridized carbons (Fsp3) is 0.455. The highest BCUT2D eigenvalue weighted by Crippen LogP contribution is 2.25. The quantitative estimate of drug-likeness (QED) is 0.650. The van der Waals surface area contributed by atoms with Crippen molar-refractivity contribution in [1.29, 1.82) is 0 Å². The minimum atomic E-state index is -0.0437. The molecule has 0 bridgehead atoms. The molecule has 1 N–H and O–H groups in total. The summed E-state index contributed by atoms with van der Waals surface area (Å²) < 4.78 is 3.55. The second-order valence-electron chi connectivity index (χ2n) is 8.52. The Bertz CT molecular complexity index is 1240. The Balaban J connectivity index is 1.21. The van der Waals surface area contributed by atoms with Gasteiger partial charge in [-0.25, -0.2) is 0 Å². The van der Waals surface area contributed by atoms with Gasteiger partial charge in [0.15, 0.2) is 5.15 Å². The number of rotatable bonds is 5. The lowest BCUT2D eigenvalue weighted by Crippen LogP contribution is -2.44. The van der Waals surface area contributed by atoms with E-state index in [1.165, 1.54) is 0 Å². The molecule has 0 amide bonds. The number of aryl methyl sites for hydroxylation is 1. The minimum Gasteiger partial charge on any atom is -0.308 e. The van der Waals surface area contributed by atoms with Crippen LogP contribution in [0.15, 0.2) is 39.9 Å². The normalized spacial score (nSPS) is 19.4. The molecule has 162 valence electrons. The van der Waals surface area contributed by atoms with Crippen LogP contribution < -0.4 is 16.4 Å². The summed E-state index contributed by atoms with van der Waals surface area (Å²) in [6.45, 7) is 5.84. The Morgan fingerprint density at radius 1 is 1.10 bits per heavy atom. The average molecular weight is 441 g/mol. The maximum Gasteiger partial charge on any atom is 0.252 e. The third-order valence-corrected chi connectivity index (χ3v) is 6.79. The van der Waals surface area contributed by atoms with Crippen LogP contribution >= 0.6 is 11.6 Å². The highest BCUT2D eigenvalue weighted by Gasteiger charge is 2.29. The van der Waals surface area contributed by atoms with Gasteiger partial charge >= 0.3 is 0 Å². The van der Waals surface area contributed by atoms with Crippen LogP contribution in [0.5, 0.6) is 0 Å². The molecule has 0 radical (unpaired) electrons. The third kappa shape index (κ3) is 3.91. The summed E-state index contributed by atoms with van der Waals surface area (Å²) in [6.07, 6.45) is 2.05. The number of halogens is 1. The van der Waals surface area contributed by atoms with E-state index in [2.05, 4.69) is 20.4 Å². The first-order valence-corrected chi connectivity index (χ1v) is 11.1. The van der Waals surface area contributed by atoms with Crippen LogP contribution in [0.1, 0.15) is 30.1 Å². The molecule has 0 aliphatic carbocycles. The van der Waals surface area contributed by atoms with Crippen molar-refractivity contribution in [3.05, 3.63) is 67.4 Å². The van der Waals surface area contributed by atoms with Gasteiger partial charge in [0.25, 0.3) is 11.1 Å². The van der Waals surface area contributed by atoms with Crippen LogP contribution in [0.4, 0.5) is 0 Å². The molecule has 31 heavy (non-hydrogen) atoms. The molecule has 0 aromatic carbocycles. The molecule has 0 saturated carbocycles. The molecule has 3 aromatic rings. The molecule has 2 aliphatic rings. The van der Waals surface area contributed by atoms with E-state index in [1.54, 1.807) is 28.8 Å². The maximum atomic E-state index is 12.6. The summed E-state index contributed by atoms with van der Waals surface area (Å²) in [5.74, 6) is 0. The Kier molecular flexibility index (Phi) is 5.37. The number of aromatic nitrogens is 4. The highest BCUT2D eigenvalue weighted by atomic mass is 35.5. The van der Waals surface area contributed by atoms with E-state index < -0.39 is 0 Å². The number of piperidine rings is 1. The molecule has 5 rings (SSSR count). The van der Waals surface area contributed by atoms with E-state index >= 15 is 0 Å². The van der Waals surface area contributed by atoms with Gasteiger partial charge in [-0.2, -0.15) is 5.10 Å². The molecular weight excluding hydrogens is 416 g/mol. The highest BCUT2D eigenvalue weighted by molar-refractivity contribution is 6.30. The average Bonchev–Trinajstić information content (AvgIpc) is 3.15. The number of nitrogens with one attached hydrogen (secondary N) is 1. The molecular formula is C22H25ClN6O2. The summed E-state index contributed by atoms with van der Waals surface area (Å²) in [7, 11) is 0. The van der Waals surface area contributed by atoms with Crippen LogP contribution in [0.2, 0.25) is 5.15 Å². The summed E-state index contributed by atoms with van der Waals surface area (Å²) in [4.78, 5) is 27.3. The first-order valence-electron chi connectivity index (χ1n) is 10.7. The zero-order chi connectivity index (χ0) is 21.5. The second-order valence-corrected chi connectivity index (χ2v) is 8.88. The summed E-state index contributed by atoms with van der Waals surface area (Å²) in [5.41, 5.74) is 2.50. The van der Waals surface area contributed by atoms with Gasteiger partial charge in [0.05, 0.1) is 11.7 Å². The van der Waals surface area contributed by atoms with E-state index in [0.29, 0.717) is 24.3 Å². The van der Waals surface area contributed by atoms with Gasteiger partial charge < -0.3 is 10.2 Å². The van der Waals surface area contributed by atoms with Gasteiger partial charge in [0, 0.05) is 43.2 Å². The van der Waals surface area contributed by atoms with Crippen molar-refractivity contribution in [2.75, 3.05) is 19.6 Å². The monoisotopic (exact) mass is 440 g/mol. The van der Waals surface area contributed by atoms with E-state index in [1.807, 2.05) is 17.6 Å². The van der Waals surface area contributed by atoms with Crippen molar-refractivity contribution in [3.8, 4) is 0 Å². The predicted molar refractivity (Wildman–Crippen MR) is 120 cm³/mol. The van der Waals surface area contributed by atoms with E-state index in [0.717, 1.165) is 54.8 Å². The Morgan fingerprint density at radius 2 is 1.84 bits per heavy atom. The van der Waals surface area contributed by atoms with Gasteiger partial charge in [-0.1, -0.05) is 11.6 Å². The Hall–Kier alpha value is -2.55. The second kappa shape index (κ2) is 8.18. The van der Waals surface area contributed by atoms with Crippen LogP contribution in [0.3, 0.4) is 0 Å². The van der Waals surface area contributed by atoms with E-state index in [9.17, 15) is 9.59 Å². The summed E-state index contributed by atoms with van der Waals surface area (Å²) in [6, 6.07) is 9.17. The van der Waals surface area contributed by atoms with Crippen LogP contribution in [0.25, 0.3) is 11.0 Å². The molecule has 1 saturated heterocycles. The number of pyridine rings is 2. The minimum absolute atomic E-state index is 0.0110. The van der Waals surface area contributed by atoms with Crippen LogP contribution in [-0.4, -0.2) is 49.9 Å². The van der Waals surface area contributed by atoms with Crippen molar-refractivity contribution in [3.63, 3.8) is 0 Å². The van der Waals surface area contributed by atoms with Crippen molar-refractivity contribution in [2.24, 2.45) is 0 Å². The first-order chi connectivity index (χ1) is 15.0. The van der Waals surface area contributed by atoms with Gasteiger partial charge in [-0.05, 0) is 56.6 Å². The number of nitrogens with zero attached hydrogens (tertiary/aromatic N) is 5. The van der Waals surface area contributed by atoms with Crippen molar-refractivity contribution >= 4 is 22.6 Å². The Labute approximate surface area is 184 Å². The van der Waals surface area contributed by atoms with Gasteiger partial charge in [0.2, 0.25) is 0 Å². The lowest BCUT2D eigenvalue weighted by atomic mass is 10.0. The molecule has 2 aliphatic heterocycles. The standard InChI is InChI=1S/C22H25ClN6O2/c1-14-10-17(25-26-21(14)23)11-24-16-6-8-27(9-7-16)12-18-13-28-19(30)4-2-15-3-5-20(31)29(18)22(15)28/h2-5,10,16,18,24H,6-9,11-13H2,1H3/t18-/m1/s1. The summed E-state index contributed by atoms with van der Waals surface area (Å²) >= 11 is 5.95. The summed E-state index contributed by atoms with van der Waals surface area (Å²) in [5, 5.41) is 13.1. The topological polar surface area (TPSA) is 85.0 Å². The van der Waals surface area contributed by atoms with Gasteiger partial charge in [0.1, 0.15) is 5.65 Å². The van der Waals surface area contributed by atoms with E-state index in [4.69, 9.17) is 11.6 Å². The predicted octanol–water partition coefficient (Wildman–Crippen LogP) is 1.72. The third-order valence-electron chi connectivity index (χ3n) is 6.42. The molecule has 1 fully saturated rings. The van der Waals surface area contributed by atoms with Crippen molar-refractivity contribution in [1.82, 2.24) is 29.5 Å². The lowest BCUT2D eigenvalue weighted by Gasteiger charge is -2.34. The van der Waals surface area contributed by atoms with Gasteiger partial charge in [-0.3, -0.25) is 18.7 Å². The molecule has 0 spiro atoms. The lowest BCUT2D eigenvalue weighted by molar-refractivity contribution is 0.171. The zero-order valence-electron chi connectivity index (χ0n) is 17.4. The van der Waals surface area contributed by atoms with Gasteiger partial charge in [-0.15, -0.1) is 5.10 Å². The molecule has 5 heterocycles. The number of hydrogen-bond donors (Lipinski definition) is 1. The zero-order valence-corrected chi connectivity index (χ0v) is 18.2. The van der Waals surface area contributed by atoms with Crippen molar-refractivity contribution < 1.29 is 0 Å².